The summed E-state index contributed by atoms with van der Waals surface area (Å²) < 4.78 is 5.29. The number of benzene rings is 2. The van der Waals surface area contributed by atoms with E-state index in [9.17, 15) is 25.0 Å². The lowest BCUT2D eigenvalue weighted by Crippen LogP contribution is -2.09. The number of carbonyl (C=O) groups is 1. The SMILES string of the molecule is O=C1COc2ccc([N+](=O)[O-])c([N+](=O)[O-])c2-c2ccccc21. The second kappa shape index (κ2) is 4.92. The van der Waals surface area contributed by atoms with E-state index < -0.39 is 21.2 Å². The molecule has 0 atom stereocenters. The molecule has 0 bridgehead atoms. The summed E-state index contributed by atoms with van der Waals surface area (Å²) in [6, 6.07) is 8.52. The summed E-state index contributed by atoms with van der Waals surface area (Å²) in [4.78, 5) is 32.8. The van der Waals surface area contributed by atoms with Gasteiger partial charge < -0.3 is 4.74 Å². The molecule has 1 aliphatic rings. The molecule has 8 nitrogen and oxygen atoms in total. The fourth-order valence-corrected chi connectivity index (χ4v) is 2.44. The van der Waals surface area contributed by atoms with E-state index in [-0.39, 0.29) is 34.8 Å². The summed E-state index contributed by atoms with van der Waals surface area (Å²) in [5.74, 6) is -0.264. The third-order valence-electron chi connectivity index (χ3n) is 3.35. The van der Waals surface area contributed by atoms with Crippen LogP contribution in [0.15, 0.2) is 36.4 Å². The molecule has 3 rings (SSSR count). The maximum atomic E-state index is 12.0. The summed E-state index contributed by atoms with van der Waals surface area (Å²) in [5, 5.41) is 22.4. The highest BCUT2D eigenvalue weighted by Crippen LogP contribution is 2.46. The van der Waals surface area contributed by atoms with Crippen molar-refractivity contribution in [2.75, 3.05) is 6.61 Å². The number of hydrogen-bond donors (Lipinski definition) is 0. The third kappa shape index (κ3) is 1.97. The first-order valence-electron chi connectivity index (χ1n) is 6.22. The second-order valence-electron chi connectivity index (χ2n) is 4.58. The molecule has 0 saturated carbocycles. The lowest BCUT2D eigenvalue weighted by Gasteiger charge is -2.08. The van der Waals surface area contributed by atoms with Crippen molar-refractivity contribution in [3.63, 3.8) is 0 Å². The van der Waals surface area contributed by atoms with Gasteiger partial charge in [0, 0.05) is 17.2 Å². The van der Waals surface area contributed by atoms with Crippen LogP contribution in [0.5, 0.6) is 5.75 Å². The number of nitrogens with zero attached hydrogens (tertiary/aromatic N) is 2. The minimum Gasteiger partial charge on any atom is -0.485 e. The molecule has 0 aliphatic carbocycles. The zero-order valence-corrected chi connectivity index (χ0v) is 11.0. The van der Waals surface area contributed by atoms with Gasteiger partial charge in [-0.15, -0.1) is 0 Å². The lowest BCUT2D eigenvalue weighted by atomic mass is 9.95. The van der Waals surface area contributed by atoms with Crippen molar-refractivity contribution in [3.05, 3.63) is 62.2 Å². The minimum absolute atomic E-state index is 0.0411. The van der Waals surface area contributed by atoms with Crippen LogP contribution < -0.4 is 4.74 Å². The van der Waals surface area contributed by atoms with E-state index in [2.05, 4.69) is 0 Å². The number of nitro benzene ring substituents is 2. The van der Waals surface area contributed by atoms with E-state index in [1.807, 2.05) is 0 Å². The van der Waals surface area contributed by atoms with Crippen LogP contribution in [-0.2, 0) is 0 Å². The van der Waals surface area contributed by atoms with Gasteiger partial charge in [-0.25, -0.2) is 0 Å². The number of carbonyl (C=O) groups excluding carboxylic acids is 1. The Hall–Kier alpha value is -3.29. The molecule has 0 aromatic heterocycles. The second-order valence-corrected chi connectivity index (χ2v) is 4.58. The summed E-state index contributed by atoms with van der Waals surface area (Å²) >= 11 is 0. The number of rotatable bonds is 2. The van der Waals surface area contributed by atoms with Crippen LogP contribution in [0.25, 0.3) is 11.1 Å². The maximum Gasteiger partial charge on any atom is 0.357 e. The minimum atomic E-state index is -0.826. The molecule has 2 aromatic carbocycles. The first-order valence-corrected chi connectivity index (χ1v) is 6.22. The summed E-state index contributed by atoms with van der Waals surface area (Å²) in [6.07, 6.45) is 0. The largest absolute Gasteiger partial charge is 0.485 e. The van der Waals surface area contributed by atoms with Crippen molar-refractivity contribution >= 4 is 17.2 Å². The Morgan fingerprint density at radius 3 is 2.27 bits per heavy atom. The molecule has 0 radical (unpaired) electrons. The molecule has 110 valence electrons. The number of nitro groups is 2. The van der Waals surface area contributed by atoms with Crippen molar-refractivity contribution in [1.29, 1.82) is 0 Å². The molecule has 0 saturated heterocycles. The summed E-state index contributed by atoms with van der Waals surface area (Å²) in [7, 11) is 0. The van der Waals surface area contributed by atoms with Crippen LogP contribution in [-0.4, -0.2) is 22.2 Å². The van der Waals surface area contributed by atoms with E-state index in [1.54, 1.807) is 12.1 Å². The lowest BCUT2D eigenvalue weighted by molar-refractivity contribution is -0.422. The summed E-state index contributed by atoms with van der Waals surface area (Å²) in [5.41, 5.74) is -0.859. The zero-order chi connectivity index (χ0) is 15.9. The fraction of sp³-hybridized carbons (Fsp3) is 0.0714. The first-order chi connectivity index (χ1) is 10.5. The van der Waals surface area contributed by atoms with Gasteiger partial charge in [0.1, 0.15) is 11.3 Å². The van der Waals surface area contributed by atoms with Gasteiger partial charge in [-0.3, -0.25) is 25.0 Å². The Morgan fingerprint density at radius 1 is 0.955 bits per heavy atom. The maximum absolute atomic E-state index is 12.0. The Labute approximate surface area is 123 Å². The Balaban J connectivity index is 2.44. The van der Waals surface area contributed by atoms with Crippen LogP contribution in [0.4, 0.5) is 11.4 Å². The molecule has 1 heterocycles. The molecule has 8 heteroatoms. The van der Waals surface area contributed by atoms with Gasteiger partial charge in [0.2, 0.25) is 5.78 Å². The molecule has 0 fully saturated rings. The van der Waals surface area contributed by atoms with E-state index in [0.717, 1.165) is 6.07 Å². The van der Waals surface area contributed by atoms with Crippen LogP contribution in [0.1, 0.15) is 10.4 Å². The van der Waals surface area contributed by atoms with Gasteiger partial charge in [-0.1, -0.05) is 24.3 Å². The quantitative estimate of drug-likeness (QED) is 0.622. The standard InChI is InChI=1S/C14H8N2O6/c17-11-7-22-12-6-5-10(15(18)19)14(16(20)21)13(12)9-4-2-1-3-8(9)11/h1-6H,7H2. The normalized spacial score (nSPS) is 12.6. The molecular formula is C14H8N2O6. The van der Waals surface area contributed by atoms with Crippen molar-refractivity contribution in [1.82, 2.24) is 0 Å². The highest BCUT2D eigenvalue weighted by Gasteiger charge is 2.35. The third-order valence-corrected chi connectivity index (χ3v) is 3.35. The number of ketones is 1. The predicted octanol–water partition coefficient (Wildman–Crippen LogP) is 2.75. The van der Waals surface area contributed by atoms with Crippen LogP contribution in [0.2, 0.25) is 0 Å². The Morgan fingerprint density at radius 2 is 1.64 bits per heavy atom. The average Bonchev–Trinajstić information content (AvgIpc) is 2.64. The van der Waals surface area contributed by atoms with Crippen LogP contribution in [0, 0.1) is 20.2 Å². The fourth-order valence-electron chi connectivity index (χ4n) is 2.44. The van der Waals surface area contributed by atoms with Crippen LogP contribution >= 0.6 is 0 Å². The van der Waals surface area contributed by atoms with E-state index in [1.165, 1.54) is 18.2 Å². The molecule has 0 spiro atoms. The molecule has 22 heavy (non-hydrogen) atoms. The van der Waals surface area contributed by atoms with Crippen molar-refractivity contribution in [3.8, 4) is 16.9 Å². The number of ether oxygens (including phenoxy) is 1. The zero-order valence-electron chi connectivity index (χ0n) is 11.0. The van der Waals surface area contributed by atoms with Gasteiger partial charge in [0.05, 0.1) is 9.85 Å². The molecule has 0 unspecified atom stereocenters. The van der Waals surface area contributed by atoms with Crippen LogP contribution in [0.3, 0.4) is 0 Å². The smallest absolute Gasteiger partial charge is 0.357 e. The van der Waals surface area contributed by atoms with Crippen molar-refractivity contribution in [2.45, 2.75) is 0 Å². The van der Waals surface area contributed by atoms with Gasteiger partial charge in [0.15, 0.2) is 6.61 Å². The van der Waals surface area contributed by atoms with E-state index in [4.69, 9.17) is 4.74 Å². The highest BCUT2D eigenvalue weighted by atomic mass is 16.6. The Kier molecular flexibility index (Phi) is 3.06. The molecule has 2 aromatic rings. The average molecular weight is 300 g/mol. The summed E-state index contributed by atoms with van der Waals surface area (Å²) in [6.45, 7) is -0.279. The molecule has 1 aliphatic heterocycles. The highest BCUT2D eigenvalue weighted by molar-refractivity contribution is 6.06. The number of hydrogen-bond acceptors (Lipinski definition) is 6. The molecule has 0 amide bonds. The van der Waals surface area contributed by atoms with E-state index >= 15 is 0 Å². The van der Waals surface area contributed by atoms with Crippen molar-refractivity contribution < 1.29 is 19.4 Å². The van der Waals surface area contributed by atoms with E-state index in [0.29, 0.717) is 0 Å². The van der Waals surface area contributed by atoms with Gasteiger partial charge in [-0.05, 0) is 6.07 Å². The van der Waals surface area contributed by atoms with Gasteiger partial charge >= 0.3 is 11.4 Å². The monoisotopic (exact) mass is 300 g/mol. The van der Waals surface area contributed by atoms with Crippen molar-refractivity contribution in [2.24, 2.45) is 0 Å². The van der Waals surface area contributed by atoms with Gasteiger partial charge in [-0.2, -0.15) is 0 Å². The topological polar surface area (TPSA) is 113 Å². The van der Waals surface area contributed by atoms with Gasteiger partial charge in [0.25, 0.3) is 0 Å². The predicted molar refractivity (Wildman–Crippen MR) is 75.0 cm³/mol. The Bertz CT molecular complexity index is 830. The number of Topliss-reactive ketones (excluding diaryl/α,β-unsaturated/α-hetero) is 1. The number of fused-ring (bicyclic) bond motifs is 3. The molecular weight excluding hydrogens is 292 g/mol. The molecule has 0 N–H and O–H groups in total. The first kappa shape index (κ1) is 13.7.